The van der Waals surface area contributed by atoms with E-state index < -0.39 is 12.0 Å². The number of aryl methyl sites for hydroxylation is 1. The number of aromatic nitrogens is 1. The maximum Gasteiger partial charge on any atom is 0.321 e. The van der Waals surface area contributed by atoms with Gasteiger partial charge in [0.1, 0.15) is 6.04 Å². The van der Waals surface area contributed by atoms with Gasteiger partial charge in [-0.25, -0.2) is 0 Å². The van der Waals surface area contributed by atoms with Crippen molar-refractivity contribution in [2.24, 2.45) is 7.05 Å². The third kappa shape index (κ3) is 1.45. The number of aliphatic carboxylic acids is 1. The largest absolute Gasteiger partial charge is 0.480 e. The molecule has 4 heteroatoms. The lowest BCUT2D eigenvalue weighted by Crippen LogP contribution is -2.41. The Morgan fingerprint density at radius 1 is 1.47 bits per heavy atom. The van der Waals surface area contributed by atoms with E-state index in [1.54, 1.807) is 0 Å². The molecule has 2 aromatic rings. The first-order valence-electron chi connectivity index (χ1n) is 5.70. The fraction of sp³-hybridized carbons (Fsp3) is 0.308. The van der Waals surface area contributed by atoms with Crippen LogP contribution in [0.4, 0.5) is 0 Å². The van der Waals surface area contributed by atoms with Crippen molar-refractivity contribution in [1.82, 2.24) is 9.88 Å². The van der Waals surface area contributed by atoms with Crippen LogP contribution in [0, 0.1) is 0 Å². The van der Waals surface area contributed by atoms with E-state index in [4.69, 9.17) is 5.11 Å². The maximum atomic E-state index is 11.0. The molecule has 1 atom stereocenters. The molecule has 0 bridgehead atoms. The summed E-state index contributed by atoms with van der Waals surface area (Å²) in [5.41, 5.74) is 3.54. The summed E-state index contributed by atoms with van der Waals surface area (Å²) in [5.74, 6) is -0.774. The summed E-state index contributed by atoms with van der Waals surface area (Å²) in [7, 11) is 2.03. The molecule has 1 aromatic carbocycles. The van der Waals surface area contributed by atoms with Gasteiger partial charge in [0.25, 0.3) is 0 Å². The number of para-hydroxylation sites is 1. The zero-order valence-electron chi connectivity index (χ0n) is 9.60. The molecule has 1 unspecified atom stereocenters. The lowest BCUT2D eigenvalue weighted by Gasteiger charge is -2.21. The molecule has 1 aliphatic rings. The Labute approximate surface area is 98.9 Å². The second-order valence-corrected chi connectivity index (χ2v) is 4.48. The molecule has 17 heavy (non-hydrogen) atoms. The van der Waals surface area contributed by atoms with Crippen LogP contribution in [0.5, 0.6) is 0 Å². The van der Waals surface area contributed by atoms with Gasteiger partial charge in [-0.05, 0) is 11.6 Å². The molecule has 88 valence electrons. The van der Waals surface area contributed by atoms with Gasteiger partial charge in [-0.1, -0.05) is 18.2 Å². The quantitative estimate of drug-likeness (QED) is 0.776. The topological polar surface area (TPSA) is 54.3 Å². The lowest BCUT2D eigenvalue weighted by atomic mass is 9.99. The third-order valence-electron chi connectivity index (χ3n) is 3.57. The molecule has 0 aliphatic carbocycles. The summed E-state index contributed by atoms with van der Waals surface area (Å²) < 4.78 is 2.15. The standard InChI is InChI=1S/C13H14N2O2/c1-15-11-5-3-2-4-8(11)9-6-10(13(16)17)14-7-12(9)15/h2-5,10,14H,6-7H2,1H3,(H,16,17). The first kappa shape index (κ1) is 10.4. The van der Waals surface area contributed by atoms with E-state index in [1.165, 1.54) is 22.2 Å². The summed E-state index contributed by atoms with van der Waals surface area (Å²) in [5, 5.41) is 13.3. The lowest BCUT2D eigenvalue weighted by molar-refractivity contribution is -0.139. The summed E-state index contributed by atoms with van der Waals surface area (Å²) in [6, 6.07) is 7.69. The molecule has 2 N–H and O–H groups in total. The van der Waals surface area contributed by atoms with E-state index in [0.29, 0.717) is 13.0 Å². The molecular weight excluding hydrogens is 216 g/mol. The predicted molar refractivity (Wildman–Crippen MR) is 64.9 cm³/mol. The number of nitrogens with one attached hydrogen (secondary N) is 1. The Kier molecular flexibility index (Phi) is 2.19. The highest BCUT2D eigenvalue weighted by Crippen LogP contribution is 2.28. The molecule has 1 aliphatic heterocycles. The average molecular weight is 230 g/mol. The van der Waals surface area contributed by atoms with Crippen molar-refractivity contribution in [3.05, 3.63) is 35.5 Å². The van der Waals surface area contributed by atoms with Crippen LogP contribution in [0.15, 0.2) is 24.3 Å². The highest BCUT2D eigenvalue weighted by atomic mass is 16.4. The fourth-order valence-electron chi connectivity index (χ4n) is 2.65. The molecule has 1 aromatic heterocycles. The normalized spacial score (nSPS) is 19.2. The minimum atomic E-state index is -0.774. The molecule has 2 heterocycles. The molecular formula is C13H14N2O2. The van der Waals surface area contributed by atoms with Crippen LogP contribution < -0.4 is 5.32 Å². The Hall–Kier alpha value is -1.81. The number of hydrogen-bond acceptors (Lipinski definition) is 2. The van der Waals surface area contributed by atoms with E-state index in [9.17, 15) is 4.79 Å². The Morgan fingerprint density at radius 3 is 3.00 bits per heavy atom. The first-order chi connectivity index (χ1) is 8.18. The highest BCUT2D eigenvalue weighted by Gasteiger charge is 2.27. The van der Waals surface area contributed by atoms with Crippen LogP contribution in [-0.2, 0) is 24.8 Å². The zero-order chi connectivity index (χ0) is 12.0. The minimum absolute atomic E-state index is 0.465. The van der Waals surface area contributed by atoms with Gasteiger partial charge < -0.3 is 9.67 Å². The number of nitrogens with zero attached hydrogens (tertiary/aromatic N) is 1. The number of rotatable bonds is 1. The smallest absolute Gasteiger partial charge is 0.321 e. The second-order valence-electron chi connectivity index (χ2n) is 4.48. The maximum absolute atomic E-state index is 11.0. The number of benzene rings is 1. The van der Waals surface area contributed by atoms with Gasteiger partial charge >= 0.3 is 5.97 Å². The molecule has 0 fully saturated rings. The zero-order valence-corrected chi connectivity index (χ0v) is 9.60. The van der Waals surface area contributed by atoms with Gasteiger partial charge in [0, 0.05) is 36.6 Å². The van der Waals surface area contributed by atoms with Crippen LogP contribution in [0.25, 0.3) is 10.9 Å². The minimum Gasteiger partial charge on any atom is -0.480 e. The van der Waals surface area contributed by atoms with Crippen LogP contribution >= 0.6 is 0 Å². The number of fused-ring (bicyclic) bond motifs is 3. The van der Waals surface area contributed by atoms with Gasteiger partial charge in [-0.2, -0.15) is 0 Å². The SMILES string of the molecule is Cn1c2c(c3ccccc31)CC(C(=O)O)NC2. The van der Waals surface area contributed by atoms with Gasteiger partial charge in [0.2, 0.25) is 0 Å². The van der Waals surface area contributed by atoms with Crippen LogP contribution in [-0.4, -0.2) is 21.7 Å². The highest BCUT2D eigenvalue weighted by molar-refractivity contribution is 5.87. The van der Waals surface area contributed by atoms with Crippen LogP contribution in [0.2, 0.25) is 0 Å². The second kappa shape index (κ2) is 3.60. The van der Waals surface area contributed by atoms with Gasteiger partial charge in [0.05, 0.1) is 0 Å². The Bertz CT molecular complexity index is 601. The van der Waals surface area contributed by atoms with Crippen LogP contribution in [0.3, 0.4) is 0 Å². The van der Waals surface area contributed by atoms with Gasteiger partial charge in [-0.3, -0.25) is 10.1 Å². The molecule has 0 saturated heterocycles. The Morgan fingerprint density at radius 2 is 2.24 bits per heavy atom. The molecule has 0 radical (unpaired) electrons. The van der Waals surface area contributed by atoms with Gasteiger partial charge in [0.15, 0.2) is 0 Å². The van der Waals surface area contributed by atoms with E-state index in [0.717, 1.165) is 0 Å². The van der Waals surface area contributed by atoms with Gasteiger partial charge in [-0.15, -0.1) is 0 Å². The number of hydrogen-bond donors (Lipinski definition) is 2. The van der Waals surface area contributed by atoms with Crippen molar-refractivity contribution in [2.45, 2.75) is 19.0 Å². The molecule has 4 nitrogen and oxygen atoms in total. The van der Waals surface area contributed by atoms with Crippen molar-refractivity contribution in [1.29, 1.82) is 0 Å². The van der Waals surface area contributed by atoms with E-state index in [2.05, 4.69) is 22.0 Å². The Balaban J connectivity index is 2.18. The molecule has 0 amide bonds. The number of carboxylic acid groups (broad SMARTS) is 1. The van der Waals surface area contributed by atoms with E-state index in [-0.39, 0.29) is 0 Å². The fourth-order valence-corrected chi connectivity index (χ4v) is 2.65. The monoisotopic (exact) mass is 230 g/mol. The van der Waals surface area contributed by atoms with Crippen molar-refractivity contribution >= 4 is 16.9 Å². The molecule has 0 saturated carbocycles. The molecule has 3 rings (SSSR count). The third-order valence-corrected chi connectivity index (χ3v) is 3.57. The summed E-state index contributed by atoms with van der Waals surface area (Å²) in [4.78, 5) is 11.0. The van der Waals surface area contributed by atoms with Crippen molar-refractivity contribution in [3.8, 4) is 0 Å². The molecule has 0 spiro atoms. The van der Waals surface area contributed by atoms with E-state index >= 15 is 0 Å². The number of carboxylic acids is 1. The van der Waals surface area contributed by atoms with Crippen LogP contribution in [0.1, 0.15) is 11.3 Å². The van der Waals surface area contributed by atoms with Crippen molar-refractivity contribution in [2.75, 3.05) is 0 Å². The summed E-state index contributed by atoms with van der Waals surface area (Å²) >= 11 is 0. The number of carbonyl (C=O) groups is 1. The predicted octanol–water partition coefficient (Wildman–Crippen LogP) is 1.28. The first-order valence-corrected chi connectivity index (χ1v) is 5.70. The summed E-state index contributed by atoms with van der Waals surface area (Å²) in [6.45, 7) is 0.622. The van der Waals surface area contributed by atoms with E-state index in [1.807, 2.05) is 19.2 Å². The van der Waals surface area contributed by atoms with Crippen molar-refractivity contribution in [3.63, 3.8) is 0 Å². The average Bonchev–Trinajstić information content (AvgIpc) is 2.64. The van der Waals surface area contributed by atoms with Crippen molar-refractivity contribution < 1.29 is 9.90 Å². The summed E-state index contributed by atoms with van der Waals surface area (Å²) in [6.07, 6.45) is 0.562.